The van der Waals surface area contributed by atoms with Gasteiger partial charge in [-0.25, -0.2) is 0 Å². The second-order valence-corrected chi connectivity index (χ2v) is 8.80. The lowest BCUT2D eigenvalue weighted by molar-refractivity contribution is -0.113. The summed E-state index contributed by atoms with van der Waals surface area (Å²) in [5.41, 5.74) is 4.00. The van der Waals surface area contributed by atoms with Crippen molar-refractivity contribution in [2.75, 3.05) is 17.7 Å². The van der Waals surface area contributed by atoms with Crippen LogP contribution < -0.4 is 10.1 Å². The third kappa shape index (κ3) is 6.24. The lowest BCUT2D eigenvalue weighted by atomic mass is 10.1. The molecule has 1 N–H and O–H groups in total. The fraction of sp³-hybridized carbons (Fsp3) is 0.348. The first-order valence-corrected chi connectivity index (χ1v) is 11.5. The van der Waals surface area contributed by atoms with Crippen LogP contribution in [-0.4, -0.2) is 33.0 Å². The summed E-state index contributed by atoms with van der Waals surface area (Å²) in [6.45, 7) is 6.53. The van der Waals surface area contributed by atoms with E-state index < -0.39 is 0 Å². The van der Waals surface area contributed by atoms with Gasteiger partial charge in [-0.2, -0.15) is 0 Å². The van der Waals surface area contributed by atoms with E-state index in [9.17, 15) is 4.79 Å². The zero-order valence-electron chi connectivity index (χ0n) is 18.2. The van der Waals surface area contributed by atoms with E-state index in [0.29, 0.717) is 11.6 Å². The summed E-state index contributed by atoms with van der Waals surface area (Å²) < 4.78 is 7.78. The molecule has 1 heterocycles. The maximum absolute atomic E-state index is 12.4. The molecular formula is C23H27ClN4O2S. The SMILES string of the molecule is Cc1cc(Cl)ccc1OCCCc1nnc(SCC(=O)Nc2c(C)cccc2C)n1C. The Hall–Kier alpha value is -2.51. The number of nitrogens with zero attached hydrogens (tertiary/aromatic N) is 3. The van der Waals surface area contributed by atoms with E-state index in [1.807, 2.05) is 68.8 Å². The Bertz CT molecular complexity index is 1050. The lowest BCUT2D eigenvalue weighted by Crippen LogP contribution is -2.16. The largest absolute Gasteiger partial charge is 0.493 e. The highest BCUT2D eigenvalue weighted by Crippen LogP contribution is 2.23. The highest BCUT2D eigenvalue weighted by molar-refractivity contribution is 7.99. The molecular weight excluding hydrogens is 432 g/mol. The maximum atomic E-state index is 12.4. The molecule has 0 radical (unpaired) electrons. The van der Waals surface area contributed by atoms with Crippen molar-refractivity contribution in [2.24, 2.45) is 7.05 Å². The predicted octanol–water partition coefficient (Wildman–Crippen LogP) is 5.14. The van der Waals surface area contributed by atoms with Crippen LogP contribution in [0, 0.1) is 20.8 Å². The predicted molar refractivity (Wildman–Crippen MR) is 126 cm³/mol. The quantitative estimate of drug-likeness (QED) is 0.355. The van der Waals surface area contributed by atoms with Gasteiger partial charge in [0.25, 0.3) is 0 Å². The van der Waals surface area contributed by atoms with Gasteiger partial charge in [0.15, 0.2) is 5.16 Å². The molecule has 0 saturated carbocycles. The smallest absolute Gasteiger partial charge is 0.234 e. The molecule has 1 aromatic heterocycles. The highest BCUT2D eigenvalue weighted by atomic mass is 35.5. The van der Waals surface area contributed by atoms with Crippen LogP contribution in [0.4, 0.5) is 5.69 Å². The molecule has 31 heavy (non-hydrogen) atoms. The Morgan fingerprint density at radius 2 is 1.87 bits per heavy atom. The zero-order chi connectivity index (χ0) is 22.4. The summed E-state index contributed by atoms with van der Waals surface area (Å²) in [6.07, 6.45) is 1.55. The molecule has 0 aliphatic carbocycles. The summed E-state index contributed by atoms with van der Waals surface area (Å²) >= 11 is 7.36. The van der Waals surface area contributed by atoms with Crippen LogP contribution in [0.3, 0.4) is 0 Å². The molecule has 0 fully saturated rings. The number of aryl methyl sites for hydroxylation is 4. The van der Waals surface area contributed by atoms with E-state index in [-0.39, 0.29) is 11.7 Å². The van der Waals surface area contributed by atoms with Crippen LogP contribution in [0.25, 0.3) is 0 Å². The summed E-state index contributed by atoms with van der Waals surface area (Å²) in [4.78, 5) is 12.4. The standard InChI is InChI=1S/C23H27ClN4O2S/c1-15-7-5-8-16(2)22(15)25-21(29)14-31-23-27-26-20(28(23)4)9-6-12-30-19-11-10-18(24)13-17(19)3/h5,7-8,10-11,13H,6,9,12,14H2,1-4H3,(H,25,29). The number of ether oxygens (including phenoxy) is 1. The Kier molecular flexibility index (Phi) is 7.98. The first-order chi connectivity index (χ1) is 14.8. The summed E-state index contributed by atoms with van der Waals surface area (Å²) in [5, 5.41) is 12.9. The molecule has 2 aromatic carbocycles. The van der Waals surface area contributed by atoms with Crippen molar-refractivity contribution in [1.82, 2.24) is 14.8 Å². The first-order valence-electron chi connectivity index (χ1n) is 10.1. The number of carbonyl (C=O) groups is 1. The van der Waals surface area contributed by atoms with Crippen LogP contribution in [0.5, 0.6) is 5.75 Å². The van der Waals surface area contributed by atoms with Gasteiger partial charge in [0.2, 0.25) is 5.91 Å². The number of hydrogen-bond acceptors (Lipinski definition) is 5. The molecule has 3 aromatic rings. The number of hydrogen-bond donors (Lipinski definition) is 1. The van der Waals surface area contributed by atoms with E-state index in [1.165, 1.54) is 11.8 Å². The van der Waals surface area contributed by atoms with Gasteiger partial charge in [-0.1, -0.05) is 41.6 Å². The number of anilines is 1. The van der Waals surface area contributed by atoms with Gasteiger partial charge in [0, 0.05) is 24.2 Å². The molecule has 0 spiro atoms. The molecule has 0 atom stereocenters. The minimum atomic E-state index is -0.0568. The summed E-state index contributed by atoms with van der Waals surface area (Å²) in [7, 11) is 1.92. The minimum absolute atomic E-state index is 0.0568. The van der Waals surface area contributed by atoms with E-state index in [0.717, 1.165) is 51.9 Å². The van der Waals surface area contributed by atoms with E-state index in [2.05, 4.69) is 15.5 Å². The molecule has 0 aliphatic heterocycles. The zero-order valence-corrected chi connectivity index (χ0v) is 19.8. The van der Waals surface area contributed by atoms with Crippen LogP contribution in [0.1, 0.15) is 28.9 Å². The van der Waals surface area contributed by atoms with E-state index in [1.54, 1.807) is 0 Å². The number of halogens is 1. The van der Waals surface area contributed by atoms with Crippen molar-refractivity contribution in [1.29, 1.82) is 0 Å². The third-order valence-electron chi connectivity index (χ3n) is 4.94. The highest BCUT2D eigenvalue weighted by Gasteiger charge is 2.13. The molecule has 0 bridgehead atoms. The number of rotatable bonds is 9. The molecule has 8 heteroatoms. The van der Waals surface area contributed by atoms with Crippen LogP contribution in [0.15, 0.2) is 41.6 Å². The number of benzene rings is 2. The van der Waals surface area contributed by atoms with Crippen molar-refractivity contribution >= 4 is 35.0 Å². The molecule has 0 unspecified atom stereocenters. The topological polar surface area (TPSA) is 69.0 Å². The minimum Gasteiger partial charge on any atom is -0.493 e. The molecule has 164 valence electrons. The van der Waals surface area contributed by atoms with Gasteiger partial charge in [-0.3, -0.25) is 4.79 Å². The number of thioether (sulfide) groups is 1. The molecule has 0 saturated heterocycles. The van der Waals surface area contributed by atoms with Crippen molar-refractivity contribution < 1.29 is 9.53 Å². The second-order valence-electron chi connectivity index (χ2n) is 7.42. The fourth-order valence-electron chi connectivity index (χ4n) is 3.19. The van der Waals surface area contributed by atoms with E-state index in [4.69, 9.17) is 16.3 Å². The first kappa shape index (κ1) is 23.2. The second kappa shape index (κ2) is 10.7. The fourth-order valence-corrected chi connectivity index (χ4v) is 4.15. The van der Waals surface area contributed by atoms with Crippen LogP contribution in [-0.2, 0) is 18.3 Å². The normalized spacial score (nSPS) is 10.9. The Balaban J connectivity index is 1.47. The third-order valence-corrected chi connectivity index (χ3v) is 6.20. The Morgan fingerprint density at radius 1 is 1.13 bits per heavy atom. The average Bonchev–Trinajstić information content (AvgIpc) is 3.07. The van der Waals surface area contributed by atoms with Gasteiger partial charge >= 0.3 is 0 Å². The van der Waals surface area contributed by atoms with Crippen LogP contribution >= 0.6 is 23.4 Å². The lowest BCUT2D eigenvalue weighted by Gasteiger charge is -2.11. The number of para-hydroxylation sites is 1. The number of amides is 1. The molecule has 6 nitrogen and oxygen atoms in total. The van der Waals surface area contributed by atoms with Crippen molar-refractivity contribution in [3.05, 3.63) is 63.9 Å². The number of carbonyl (C=O) groups excluding carboxylic acids is 1. The number of aromatic nitrogens is 3. The molecule has 1 amide bonds. The van der Waals surface area contributed by atoms with Gasteiger partial charge in [0.1, 0.15) is 11.6 Å². The Morgan fingerprint density at radius 3 is 2.58 bits per heavy atom. The van der Waals surface area contributed by atoms with Gasteiger partial charge in [0.05, 0.1) is 12.4 Å². The number of nitrogens with one attached hydrogen (secondary N) is 1. The van der Waals surface area contributed by atoms with Gasteiger partial charge in [-0.15, -0.1) is 10.2 Å². The van der Waals surface area contributed by atoms with Gasteiger partial charge < -0.3 is 14.6 Å². The average molecular weight is 459 g/mol. The maximum Gasteiger partial charge on any atom is 0.234 e. The summed E-state index contributed by atoms with van der Waals surface area (Å²) in [6, 6.07) is 11.6. The van der Waals surface area contributed by atoms with Crippen molar-refractivity contribution in [3.63, 3.8) is 0 Å². The van der Waals surface area contributed by atoms with Crippen LogP contribution in [0.2, 0.25) is 5.02 Å². The Labute approximate surface area is 192 Å². The van der Waals surface area contributed by atoms with Crippen molar-refractivity contribution in [2.45, 2.75) is 38.8 Å². The monoisotopic (exact) mass is 458 g/mol. The molecule has 0 aliphatic rings. The van der Waals surface area contributed by atoms with E-state index >= 15 is 0 Å². The van der Waals surface area contributed by atoms with Gasteiger partial charge in [-0.05, 0) is 62.1 Å². The molecule has 3 rings (SSSR count). The van der Waals surface area contributed by atoms with Crippen molar-refractivity contribution in [3.8, 4) is 5.75 Å². The summed E-state index contributed by atoms with van der Waals surface area (Å²) in [5.74, 6) is 1.93.